The maximum Gasteiger partial charge on any atom is 0.324 e. The first kappa shape index (κ1) is 16.3. The van der Waals surface area contributed by atoms with Gasteiger partial charge in [0.05, 0.1) is 10.0 Å². The zero-order chi connectivity index (χ0) is 16.8. The van der Waals surface area contributed by atoms with E-state index in [2.05, 4.69) is 0 Å². The van der Waals surface area contributed by atoms with Crippen molar-refractivity contribution >= 4 is 44.1 Å². The molecule has 0 aromatic heterocycles. The molecule has 0 aliphatic heterocycles. The van der Waals surface area contributed by atoms with Crippen LogP contribution in [-0.2, 0) is 14.7 Å². The van der Waals surface area contributed by atoms with Gasteiger partial charge in [-0.1, -0.05) is 69.7 Å². The van der Waals surface area contributed by atoms with Crippen LogP contribution in [0.5, 0.6) is 0 Å². The third-order valence-electron chi connectivity index (χ3n) is 3.64. The molecule has 1 radical (unpaired) electrons. The van der Waals surface area contributed by atoms with Gasteiger partial charge < -0.3 is 0 Å². The number of fused-ring (bicyclic) bond motifs is 1. The van der Waals surface area contributed by atoms with E-state index in [-0.39, 0.29) is 4.90 Å². The van der Waals surface area contributed by atoms with E-state index in [1.54, 1.807) is 42.5 Å². The Bertz CT molecular complexity index is 1030. The van der Waals surface area contributed by atoms with Crippen LogP contribution in [0, 0.1) is 6.92 Å². The van der Waals surface area contributed by atoms with Crippen LogP contribution in [0.1, 0.15) is 5.56 Å². The molecule has 3 aromatic carbocycles. The van der Waals surface area contributed by atoms with Crippen LogP contribution in [0.4, 0.5) is 0 Å². The fourth-order valence-electron chi connectivity index (χ4n) is 2.60. The van der Waals surface area contributed by atoms with Gasteiger partial charge in [-0.3, -0.25) is 0 Å². The first-order chi connectivity index (χ1) is 10.8. The van der Waals surface area contributed by atoms with Crippen LogP contribution in [0.2, 0.25) is 10.0 Å². The van der Waals surface area contributed by atoms with E-state index in [4.69, 9.17) is 23.2 Å². The van der Waals surface area contributed by atoms with Crippen LogP contribution in [0.3, 0.4) is 0 Å². The van der Waals surface area contributed by atoms with Crippen LogP contribution >= 0.6 is 23.2 Å². The van der Waals surface area contributed by atoms with Gasteiger partial charge in [0.15, 0.2) is 0 Å². The molecular formula is C17H11Cl2O3S. The molecular weight excluding hydrogens is 355 g/mol. The van der Waals surface area contributed by atoms with E-state index in [1.165, 1.54) is 6.07 Å². The van der Waals surface area contributed by atoms with Gasteiger partial charge in [0.2, 0.25) is 0 Å². The summed E-state index contributed by atoms with van der Waals surface area (Å²) in [6, 6.07) is 13.3. The second-order valence-electron chi connectivity index (χ2n) is 5.22. The number of benzene rings is 3. The second kappa shape index (κ2) is 5.80. The number of hydrogen-bond donors (Lipinski definition) is 0. The molecule has 3 rings (SSSR count). The minimum Gasteiger partial charge on any atom is -0.192 e. The van der Waals surface area contributed by atoms with Crippen LogP contribution < -0.4 is 0 Å². The first-order valence-corrected chi connectivity index (χ1v) is 8.89. The van der Waals surface area contributed by atoms with Gasteiger partial charge in [-0.15, -0.1) is 0 Å². The molecule has 0 heterocycles. The van der Waals surface area contributed by atoms with Crippen LogP contribution in [0.25, 0.3) is 21.9 Å². The minimum absolute atomic E-state index is 0.248. The molecule has 3 nitrogen and oxygen atoms in total. The van der Waals surface area contributed by atoms with Gasteiger partial charge in [0.1, 0.15) is 4.90 Å². The summed E-state index contributed by atoms with van der Waals surface area (Å²) in [6.45, 7) is 1.83. The standard InChI is InChI=1S/C17H11Cl2O3S/c1-10-5-8-16(23(20,21)22)14(9-10)11-3-2-4-13-12(11)6-7-15(18)17(13)19/h2-9H,1H3. The Morgan fingerprint density at radius 3 is 2.30 bits per heavy atom. The van der Waals surface area contributed by atoms with Gasteiger partial charge in [0.25, 0.3) is 0 Å². The summed E-state index contributed by atoms with van der Waals surface area (Å²) in [6.07, 6.45) is 0. The lowest BCUT2D eigenvalue weighted by molar-refractivity contribution is 0.414. The van der Waals surface area contributed by atoms with E-state index >= 15 is 0 Å². The van der Waals surface area contributed by atoms with Crippen molar-refractivity contribution < 1.29 is 13.0 Å². The molecule has 23 heavy (non-hydrogen) atoms. The quantitative estimate of drug-likeness (QED) is 0.623. The van der Waals surface area contributed by atoms with E-state index in [1.807, 2.05) is 6.92 Å². The topological polar surface area (TPSA) is 54.0 Å². The number of hydrogen-bond acceptors (Lipinski definition) is 2. The Balaban J connectivity index is 2.43. The van der Waals surface area contributed by atoms with Crippen molar-refractivity contribution in [1.29, 1.82) is 0 Å². The van der Waals surface area contributed by atoms with Gasteiger partial charge in [-0.25, -0.2) is 0 Å². The zero-order valence-electron chi connectivity index (χ0n) is 12.0. The highest BCUT2D eigenvalue weighted by atomic mass is 35.5. The highest BCUT2D eigenvalue weighted by Crippen LogP contribution is 2.38. The monoisotopic (exact) mass is 365 g/mol. The zero-order valence-corrected chi connectivity index (χ0v) is 14.3. The normalized spacial score (nSPS) is 11.8. The summed E-state index contributed by atoms with van der Waals surface area (Å²) in [5.41, 5.74) is 1.84. The number of rotatable bonds is 2. The molecule has 0 fully saturated rings. The Kier molecular flexibility index (Phi) is 4.10. The molecule has 0 aliphatic rings. The van der Waals surface area contributed by atoms with Crippen molar-refractivity contribution in [3.63, 3.8) is 0 Å². The predicted octanol–water partition coefficient (Wildman–Crippen LogP) is 5.24. The van der Waals surface area contributed by atoms with E-state index in [0.717, 1.165) is 10.9 Å². The van der Waals surface area contributed by atoms with Crippen molar-refractivity contribution in [1.82, 2.24) is 0 Å². The number of halogens is 2. The summed E-state index contributed by atoms with van der Waals surface area (Å²) in [5.74, 6) is 0. The van der Waals surface area contributed by atoms with Crippen LogP contribution in [0.15, 0.2) is 53.4 Å². The Labute approximate surface area is 144 Å². The molecule has 117 valence electrons. The molecule has 0 saturated heterocycles. The maximum atomic E-state index is 11.6. The van der Waals surface area contributed by atoms with Gasteiger partial charge in [-0.05, 0) is 30.0 Å². The van der Waals surface area contributed by atoms with Crippen LogP contribution in [-0.4, -0.2) is 8.42 Å². The SMILES string of the molecule is Cc1ccc(S([O])(=O)=O)c(-c2cccc3c(Cl)c(Cl)ccc23)c1. The Morgan fingerprint density at radius 1 is 0.870 bits per heavy atom. The summed E-state index contributed by atoms with van der Waals surface area (Å²) in [4.78, 5) is -0.248. The molecule has 0 atom stereocenters. The summed E-state index contributed by atoms with van der Waals surface area (Å²) >= 11 is 12.3. The molecule has 0 spiro atoms. The van der Waals surface area contributed by atoms with Crippen molar-refractivity contribution in [2.24, 2.45) is 0 Å². The van der Waals surface area contributed by atoms with E-state index < -0.39 is 10.1 Å². The third-order valence-corrected chi connectivity index (χ3v) is 5.36. The van der Waals surface area contributed by atoms with Gasteiger partial charge >= 0.3 is 10.1 Å². The molecule has 0 saturated carbocycles. The molecule has 0 unspecified atom stereocenters. The first-order valence-electron chi connectivity index (χ1n) is 6.72. The molecule has 6 heteroatoms. The average Bonchev–Trinajstić information content (AvgIpc) is 2.49. The molecule has 3 aromatic rings. The van der Waals surface area contributed by atoms with Gasteiger partial charge in [-0.2, -0.15) is 8.42 Å². The van der Waals surface area contributed by atoms with Crippen molar-refractivity contribution in [2.45, 2.75) is 11.8 Å². The molecule has 0 bridgehead atoms. The lowest BCUT2D eigenvalue weighted by Gasteiger charge is -2.12. The highest BCUT2D eigenvalue weighted by Gasteiger charge is 2.20. The average molecular weight is 366 g/mol. The lowest BCUT2D eigenvalue weighted by atomic mass is 9.97. The van der Waals surface area contributed by atoms with Gasteiger partial charge in [0, 0.05) is 10.9 Å². The predicted molar refractivity (Wildman–Crippen MR) is 92.0 cm³/mol. The maximum absolute atomic E-state index is 11.6. The fourth-order valence-corrected chi connectivity index (χ4v) is 3.67. The number of aryl methyl sites for hydroxylation is 1. The minimum atomic E-state index is -4.59. The summed E-state index contributed by atoms with van der Waals surface area (Å²) < 4.78 is 34.8. The molecule has 0 N–H and O–H groups in total. The van der Waals surface area contributed by atoms with Crippen molar-refractivity contribution in [2.75, 3.05) is 0 Å². The second-order valence-corrected chi connectivity index (χ2v) is 7.35. The Hall–Kier alpha value is -1.59. The fraction of sp³-hybridized carbons (Fsp3) is 0.0588. The van der Waals surface area contributed by atoms with E-state index in [0.29, 0.717) is 26.6 Å². The largest absolute Gasteiger partial charge is 0.324 e. The van der Waals surface area contributed by atoms with Crippen molar-refractivity contribution in [3.8, 4) is 11.1 Å². The lowest BCUT2D eigenvalue weighted by Crippen LogP contribution is -2.00. The molecule has 0 amide bonds. The summed E-state index contributed by atoms with van der Waals surface area (Å²) in [7, 11) is -4.59. The van der Waals surface area contributed by atoms with Crippen molar-refractivity contribution in [3.05, 3.63) is 64.1 Å². The smallest absolute Gasteiger partial charge is 0.192 e. The van der Waals surface area contributed by atoms with E-state index in [9.17, 15) is 13.0 Å². The molecule has 0 aliphatic carbocycles. The highest BCUT2D eigenvalue weighted by molar-refractivity contribution is 7.85. The Morgan fingerprint density at radius 2 is 1.61 bits per heavy atom. The summed E-state index contributed by atoms with van der Waals surface area (Å²) in [5, 5.41) is 2.24. The third kappa shape index (κ3) is 2.95.